The van der Waals surface area contributed by atoms with Gasteiger partial charge in [-0.25, -0.2) is 0 Å². The molecule has 3 aliphatic carbocycles. The van der Waals surface area contributed by atoms with Gasteiger partial charge in [0.2, 0.25) is 0 Å². The fraction of sp³-hybridized carbons (Fsp3) is 0.123. The van der Waals surface area contributed by atoms with Gasteiger partial charge in [0.1, 0.15) is 0 Å². The fourth-order valence-electron chi connectivity index (χ4n) is 10.8. The first-order valence-electron chi connectivity index (χ1n) is 21.1. The predicted molar refractivity (Wildman–Crippen MR) is 248 cm³/mol. The number of rotatable bonds is 5. The van der Waals surface area contributed by atoms with Crippen LogP contribution in [0.25, 0.3) is 66.4 Å². The SMILES string of the molecule is CC1(C)c2ccccc2-c2c1ccc1c2c2cc(-c3ccc4c(c3)C3CC=CC=C3N4C3C=CC=C(c4ccccc4)C3)ccc2n1-c1ccc(-c2ccccc2)cc1. The monoisotopic (exact) mass is 756 g/mol. The van der Waals surface area contributed by atoms with Crippen LogP contribution in [0.1, 0.15) is 54.9 Å². The normalized spacial score (nSPS) is 18.4. The van der Waals surface area contributed by atoms with E-state index in [9.17, 15) is 0 Å². The van der Waals surface area contributed by atoms with Crippen LogP contribution in [0.2, 0.25) is 0 Å². The van der Waals surface area contributed by atoms with Gasteiger partial charge in [-0.1, -0.05) is 159 Å². The Hall–Kier alpha value is -6.90. The lowest BCUT2D eigenvalue weighted by Gasteiger charge is -2.33. The van der Waals surface area contributed by atoms with Gasteiger partial charge in [0.25, 0.3) is 0 Å². The largest absolute Gasteiger partial charge is 0.337 e. The summed E-state index contributed by atoms with van der Waals surface area (Å²) in [5, 5.41) is 2.63. The minimum atomic E-state index is -0.0832. The van der Waals surface area contributed by atoms with E-state index in [4.69, 9.17) is 0 Å². The van der Waals surface area contributed by atoms with Crippen molar-refractivity contribution in [3.05, 3.63) is 222 Å². The molecule has 0 radical (unpaired) electrons. The molecule has 0 bridgehead atoms. The average Bonchev–Trinajstić information content (AvgIpc) is 3.89. The van der Waals surface area contributed by atoms with Crippen molar-refractivity contribution in [2.45, 2.75) is 44.1 Å². The molecule has 2 nitrogen and oxygen atoms in total. The molecule has 12 rings (SSSR count). The zero-order chi connectivity index (χ0) is 39.2. The molecule has 59 heavy (non-hydrogen) atoms. The number of hydrogen-bond donors (Lipinski definition) is 0. The summed E-state index contributed by atoms with van der Waals surface area (Å²) < 4.78 is 2.49. The molecule has 0 spiro atoms. The molecule has 0 fully saturated rings. The molecule has 2 atom stereocenters. The molecule has 1 aromatic heterocycles. The topological polar surface area (TPSA) is 8.17 Å². The molecule has 282 valence electrons. The summed E-state index contributed by atoms with van der Waals surface area (Å²) in [6.45, 7) is 4.77. The Bertz CT molecular complexity index is 3120. The minimum absolute atomic E-state index is 0.0832. The highest BCUT2D eigenvalue weighted by atomic mass is 15.2. The van der Waals surface area contributed by atoms with Crippen LogP contribution in [0.3, 0.4) is 0 Å². The number of hydrogen-bond acceptors (Lipinski definition) is 1. The Balaban J connectivity index is 1.01. The van der Waals surface area contributed by atoms with Crippen molar-refractivity contribution < 1.29 is 0 Å². The third-order valence-corrected chi connectivity index (χ3v) is 13.6. The maximum absolute atomic E-state index is 2.63. The van der Waals surface area contributed by atoms with Crippen LogP contribution in [0, 0.1) is 0 Å². The number of anilines is 1. The molecular formula is C57H44N2. The number of benzene rings is 7. The molecule has 2 heteroatoms. The van der Waals surface area contributed by atoms with Crippen LogP contribution in [-0.2, 0) is 5.41 Å². The van der Waals surface area contributed by atoms with Crippen LogP contribution in [0.5, 0.6) is 0 Å². The smallest absolute Gasteiger partial charge is 0.0563 e. The second-order valence-electron chi connectivity index (χ2n) is 17.2. The zero-order valence-electron chi connectivity index (χ0n) is 33.4. The Labute approximate surface area is 346 Å². The van der Waals surface area contributed by atoms with Gasteiger partial charge < -0.3 is 9.47 Å². The van der Waals surface area contributed by atoms with Crippen LogP contribution in [0.4, 0.5) is 5.69 Å². The van der Waals surface area contributed by atoms with E-state index in [2.05, 4.69) is 217 Å². The summed E-state index contributed by atoms with van der Waals surface area (Å²) in [6, 6.07) is 59.2. The number of aromatic nitrogens is 1. The van der Waals surface area contributed by atoms with E-state index < -0.39 is 0 Å². The van der Waals surface area contributed by atoms with Crippen LogP contribution < -0.4 is 4.90 Å². The fourth-order valence-corrected chi connectivity index (χ4v) is 10.8. The molecule has 1 aliphatic heterocycles. The highest BCUT2D eigenvalue weighted by Gasteiger charge is 2.39. The van der Waals surface area contributed by atoms with Gasteiger partial charge in [0.15, 0.2) is 0 Å². The van der Waals surface area contributed by atoms with Crippen molar-refractivity contribution in [3.8, 4) is 39.1 Å². The maximum Gasteiger partial charge on any atom is 0.0563 e. The third-order valence-electron chi connectivity index (χ3n) is 13.6. The molecule has 0 N–H and O–H groups in total. The van der Waals surface area contributed by atoms with E-state index in [-0.39, 0.29) is 11.5 Å². The molecule has 0 amide bonds. The second kappa shape index (κ2) is 13.1. The molecule has 2 heterocycles. The van der Waals surface area contributed by atoms with Crippen LogP contribution >= 0.6 is 0 Å². The van der Waals surface area contributed by atoms with Gasteiger partial charge in [-0.15, -0.1) is 0 Å². The van der Waals surface area contributed by atoms with Crippen molar-refractivity contribution in [3.63, 3.8) is 0 Å². The maximum atomic E-state index is 2.63. The number of nitrogens with zero attached hydrogens (tertiary/aromatic N) is 2. The van der Waals surface area contributed by atoms with E-state index in [0.717, 1.165) is 12.8 Å². The highest BCUT2D eigenvalue weighted by molar-refractivity contribution is 6.18. The van der Waals surface area contributed by atoms with E-state index >= 15 is 0 Å². The lowest BCUT2D eigenvalue weighted by atomic mass is 9.82. The second-order valence-corrected chi connectivity index (χ2v) is 17.2. The van der Waals surface area contributed by atoms with Crippen molar-refractivity contribution in [2.75, 3.05) is 4.90 Å². The average molecular weight is 757 g/mol. The predicted octanol–water partition coefficient (Wildman–Crippen LogP) is 14.6. The van der Waals surface area contributed by atoms with Crippen molar-refractivity contribution in [1.29, 1.82) is 0 Å². The first-order chi connectivity index (χ1) is 29.0. The van der Waals surface area contributed by atoms with E-state index in [0.29, 0.717) is 5.92 Å². The van der Waals surface area contributed by atoms with Crippen LogP contribution in [-0.4, -0.2) is 10.6 Å². The lowest BCUT2D eigenvalue weighted by molar-refractivity contribution is 0.661. The quantitative estimate of drug-likeness (QED) is 0.170. The molecule has 4 aliphatic rings. The lowest BCUT2D eigenvalue weighted by Crippen LogP contribution is -2.32. The first-order valence-corrected chi connectivity index (χ1v) is 21.1. The summed E-state index contributed by atoms with van der Waals surface area (Å²) in [6.07, 6.45) is 15.9. The van der Waals surface area contributed by atoms with Gasteiger partial charge in [0.05, 0.1) is 17.1 Å². The van der Waals surface area contributed by atoms with Gasteiger partial charge in [-0.2, -0.15) is 0 Å². The summed E-state index contributed by atoms with van der Waals surface area (Å²) in [4.78, 5) is 2.63. The summed E-state index contributed by atoms with van der Waals surface area (Å²) in [7, 11) is 0. The van der Waals surface area contributed by atoms with Gasteiger partial charge in [0, 0.05) is 39.2 Å². The molecule has 0 saturated heterocycles. The Kier molecular flexibility index (Phi) is 7.56. The van der Waals surface area contributed by atoms with E-state index in [1.165, 1.54) is 100 Å². The Morgan fingerprint density at radius 2 is 1.27 bits per heavy atom. The van der Waals surface area contributed by atoms with Crippen molar-refractivity contribution in [1.82, 2.24) is 4.57 Å². The van der Waals surface area contributed by atoms with Crippen LogP contribution in [0.15, 0.2) is 200 Å². The molecule has 2 unspecified atom stereocenters. The number of fused-ring (bicyclic) bond motifs is 10. The van der Waals surface area contributed by atoms with E-state index in [1.807, 2.05) is 0 Å². The molecule has 7 aromatic carbocycles. The number of allylic oxidation sites excluding steroid dienone is 6. The summed E-state index contributed by atoms with van der Waals surface area (Å²) in [5.41, 5.74) is 21.0. The standard InChI is InChI=1S/C57H44N2/c1-57(2)49-22-11-9-21-46(49)55-50(57)30-33-54-56(55)48-36-42(27-32-53(48)58(54)43-28-24-39(25-29-43)37-14-5-3-6-15-37)41-26-31-52-47(35-41)45-20-10-12-23-51(45)59(52)44-19-13-18-40(34-44)38-16-7-4-8-17-38/h3-19,21-33,35-36,44-45H,20,34H2,1-2H3. The first kappa shape index (κ1) is 34.2. The Morgan fingerprint density at radius 1 is 0.576 bits per heavy atom. The molecule has 0 saturated carbocycles. The highest BCUT2D eigenvalue weighted by Crippen LogP contribution is 2.54. The molecule has 8 aromatic rings. The Morgan fingerprint density at radius 3 is 2.10 bits per heavy atom. The summed E-state index contributed by atoms with van der Waals surface area (Å²) in [5.74, 6) is 0.348. The van der Waals surface area contributed by atoms with Crippen molar-refractivity contribution >= 4 is 33.1 Å². The zero-order valence-corrected chi connectivity index (χ0v) is 33.4. The van der Waals surface area contributed by atoms with Gasteiger partial charge >= 0.3 is 0 Å². The van der Waals surface area contributed by atoms with Gasteiger partial charge in [-0.3, -0.25) is 0 Å². The van der Waals surface area contributed by atoms with Gasteiger partial charge in [-0.05, 0) is 123 Å². The van der Waals surface area contributed by atoms with Crippen molar-refractivity contribution in [2.24, 2.45) is 0 Å². The molecular weight excluding hydrogens is 713 g/mol. The summed E-state index contributed by atoms with van der Waals surface area (Å²) >= 11 is 0. The minimum Gasteiger partial charge on any atom is -0.337 e. The third kappa shape index (κ3) is 5.19. The van der Waals surface area contributed by atoms with E-state index in [1.54, 1.807) is 0 Å².